The maximum Gasteiger partial charge on any atom is 0.231 e. The Morgan fingerprint density at radius 2 is 2.11 bits per heavy atom. The Kier molecular flexibility index (Phi) is 5.54. The standard InChI is InChI=1S/C20H20ClN5OS/c1-13-5-2-3-7-15(13)16-12-28-20(22-16)23-19(27)14-6-4-10-26(11-14)18-9-8-17(21)24-25-18/h2-3,5,7-9,12,14H,4,6,10-11H2,1H3,(H,22,23,27)/t14-/m1/s1. The minimum atomic E-state index is -0.114. The summed E-state index contributed by atoms with van der Waals surface area (Å²) >= 11 is 7.26. The van der Waals surface area contributed by atoms with Gasteiger partial charge in [0.25, 0.3) is 0 Å². The van der Waals surface area contributed by atoms with Crippen molar-refractivity contribution in [3.8, 4) is 11.3 Å². The largest absolute Gasteiger partial charge is 0.354 e. The zero-order valence-corrected chi connectivity index (χ0v) is 17.0. The summed E-state index contributed by atoms with van der Waals surface area (Å²) in [7, 11) is 0. The number of aryl methyl sites for hydroxylation is 1. The van der Waals surface area contributed by atoms with Crippen LogP contribution in [0.3, 0.4) is 0 Å². The molecule has 0 radical (unpaired) electrons. The van der Waals surface area contributed by atoms with E-state index in [0.717, 1.165) is 42.0 Å². The van der Waals surface area contributed by atoms with Crippen LogP contribution in [0.25, 0.3) is 11.3 Å². The van der Waals surface area contributed by atoms with Crippen LogP contribution in [0.15, 0.2) is 41.8 Å². The number of hydrogen-bond donors (Lipinski definition) is 1. The maximum atomic E-state index is 12.8. The normalized spacial score (nSPS) is 16.8. The smallest absolute Gasteiger partial charge is 0.231 e. The lowest BCUT2D eigenvalue weighted by molar-refractivity contribution is -0.120. The Bertz CT molecular complexity index is 975. The van der Waals surface area contributed by atoms with Crippen LogP contribution in [0.1, 0.15) is 18.4 Å². The van der Waals surface area contributed by atoms with Gasteiger partial charge in [0.15, 0.2) is 16.1 Å². The minimum Gasteiger partial charge on any atom is -0.354 e. The van der Waals surface area contributed by atoms with E-state index in [0.29, 0.717) is 16.8 Å². The van der Waals surface area contributed by atoms with E-state index in [4.69, 9.17) is 11.6 Å². The van der Waals surface area contributed by atoms with Gasteiger partial charge in [-0.15, -0.1) is 21.5 Å². The molecule has 2 aromatic heterocycles. The van der Waals surface area contributed by atoms with Crippen LogP contribution in [-0.4, -0.2) is 34.2 Å². The number of nitrogens with one attached hydrogen (secondary N) is 1. The number of anilines is 2. The van der Waals surface area contributed by atoms with Crippen LogP contribution in [0.2, 0.25) is 5.15 Å². The molecule has 3 heterocycles. The Morgan fingerprint density at radius 3 is 2.89 bits per heavy atom. The fourth-order valence-electron chi connectivity index (χ4n) is 3.40. The van der Waals surface area contributed by atoms with Crippen LogP contribution >= 0.6 is 22.9 Å². The first-order valence-electron chi connectivity index (χ1n) is 9.17. The van der Waals surface area contributed by atoms with Crippen molar-refractivity contribution in [1.82, 2.24) is 15.2 Å². The Labute approximate surface area is 172 Å². The second-order valence-electron chi connectivity index (χ2n) is 6.84. The van der Waals surface area contributed by atoms with Crippen molar-refractivity contribution in [2.45, 2.75) is 19.8 Å². The average molecular weight is 414 g/mol. The van der Waals surface area contributed by atoms with Gasteiger partial charge in [-0.2, -0.15) is 0 Å². The number of carbonyl (C=O) groups is 1. The van der Waals surface area contributed by atoms with Crippen molar-refractivity contribution in [3.63, 3.8) is 0 Å². The van der Waals surface area contributed by atoms with E-state index in [2.05, 4.69) is 38.4 Å². The molecule has 6 nitrogen and oxygen atoms in total. The molecule has 0 unspecified atom stereocenters. The summed E-state index contributed by atoms with van der Waals surface area (Å²) in [6.07, 6.45) is 1.77. The molecule has 1 aliphatic rings. The number of aromatic nitrogens is 3. The van der Waals surface area contributed by atoms with E-state index in [1.807, 2.05) is 29.6 Å². The number of carbonyl (C=O) groups excluding carboxylic acids is 1. The molecule has 28 heavy (non-hydrogen) atoms. The Balaban J connectivity index is 1.42. The predicted molar refractivity (Wildman–Crippen MR) is 113 cm³/mol. The third-order valence-corrected chi connectivity index (χ3v) is 5.85. The van der Waals surface area contributed by atoms with Gasteiger partial charge in [-0.25, -0.2) is 4.98 Å². The number of piperidine rings is 1. The van der Waals surface area contributed by atoms with E-state index in [1.165, 1.54) is 11.3 Å². The summed E-state index contributed by atoms with van der Waals surface area (Å²) in [5, 5.41) is 14.0. The summed E-state index contributed by atoms with van der Waals surface area (Å²) in [6.45, 7) is 3.52. The van der Waals surface area contributed by atoms with E-state index in [9.17, 15) is 4.79 Å². The average Bonchev–Trinajstić information content (AvgIpc) is 3.17. The molecule has 0 aliphatic carbocycles. The third kappa shape index (κ3) is 4.15. The molecule has 8 heteroatoms. The second-order valence-corrected chi connectivity index (χ2v) is 8.09. The molecule has 1 N–H and O–H groups in total. The third-order valence-electron chi connectivity index (χ3n) is 4.89. The first kappa shape index (κ1) is 18.8. The van der Waals surface area contributed by atoms with Gasteiger partial charge in [-0.1, -0.05) is 35.9 Å². The summed E-state index contributed by atoms with van der Waals surface area (Å²) in [6, 6.07) is 11.7. The van der Waals surface area contributed by atoms with Crippen molar-refractivity contribution in [3.05, 3.63) is 52.5 Å². The highest BCUT2D eigenvalue weighted by Gasteiger charge is 2.27. The number of hydrogen-bond acceptors (Lipinski definition) is 6. The summed E-state index contributed by atoms with van der Waals surface area (Å²) in [5.41, 5.74) is 3.14. The van der Waals surface area contributed by atoms with Gasteiger partial charge in [-0.05, 0) is 37.5 Å². The van der Waals surface area contributed by atoms with Crippen LogP contribution in [0.5, 0.6) is 0 Å². The maximum absolute atomic E-state index is 12.8. The molecule has 1 atom stereocenters. The molecule has 0 spiro atoms. The Morgan fingerprint density at radius 1 is 1.25 bits per heavy atom. The van der Waals surface area contributed by atoms with Crippen LogP contribution in [-0.2, 0) is 4.79 Å². The van der Waals surface area contributed by atoms with Crippen molar-refractivity contribution < 1.29 is 4.79 Å². The second kappa shape index (κ2) is 8.24. The molecule has 4 rings (SSSR count). The number of benzene rings is 1. The van der Waals surface area contributed by atoms with Gasteiger partial charge >= 0.3 is 0 Å². The van der Waals surface area contributed by atoms with Crippen molar-refractivity contribution in [1.29, 1.82) is 0 Å². The molecule has 1 aliphatic heterocycles. The highest BCUT2D eigenvalue weighted by atomic mass is 35.5. The van der Waals surface area contributed by atoms with Gasteiger partial charge in [-0.3, -0.25) is 4.79 Å². The molecular weight excluding hydrogens is 394 g/mol. The lowest BCUT2D eigenvalue weighted by Crippen LogP contribution is -2.41. The van der Waals surface area contributed by atoms with Crippen LogP contribution in [0, 0.1) is 12.8 Å². The predicted octanol–water partition coefficient (Wildman–Crippen LogP) is 4.42. The number of thiazole rings is 1. The molecule has 0 saturated carbocycles. The van der Waals surface area contributed by atoms with Crippen LogP contribution < -0.4 is 10.2 Å². The fraction of sp³-hybridized carbons (Fsp3) is 0.300. The zero-order valence-electron chi connectivity index (χ0n) is 15.4. The van der Waals surface area contributed by atoms with E-state index >= 15 is 0 Å². The topological polar surface area (TPSA) is 71.0 Å². The molecule has 144 valence electrons. The highest BCUT2D eigenvalue weighted by molar-refractivity contribution is 7.14. The zero-order chi connectivity index (χ0) is 19.5. The van der Waals surface area contributed by atoms with Gasteiger partial charge in [0.1, 0.15) is 0 Å². The molecule has 1 fully saturated rings. The molecule has 1 amide bonds. The van der Waals surface area contributed by atoms with Crippen molar-refractivity contribution in [2.24, 2.45) is 5.92 Å². The van der Waals surface area contributed by atoms with E-state index < -0.39 is 0 Å². The van der Waals surface area contributed by atoms with Gasteiger partial charge in [0, 0.05) is 24.0 Å². The Hall–Kier alpha value is -2.51. The number of rotatable bonds is 4. The summed E-state index contributed by atoms with van der Waals surface area (Å²) in [4.78, 5) is 19.5. The quantitative estimate of drug-likeness (QED) is 0.685. The van der Waals surface area contributed by atoms with Crippen LogP contribution in [0.4, 0.5) is 10.9 Å². The number of amides is 1. The fourth-order valence-corrected chi connectivity index (χ4v) is 4.21. The molecular formula is C20H20ClN5OS. The summed E-state index contributed by atoms with van der Waals surface area (Å²) < 4.78 is 0. The number of nitrogens with zero attached hydrogens (tertiary/aromatic N) is 4. The molecule has 3 aromatic rings. The lowest BCUT2D eigenvalue weighted by Gasteiger charge is -2.32. The molecule has 0 bridgehead atoms. The van der Waals surface area contributed by atoms with E-state index in [-0.39, 0.29) is 11.8 Å². The van der Waals surface area contributed by atoms with Crippen molar-refractivity contribution in [2.75, 3.05) is 23.3 Å². The van der Waals surface area contributed by atoms with Gasteiger partial charge in [0.05, 0.1) is 11.6 Å². The van der Waals surface area contributed by atoms with E-state index in [1.54, 1.807) is 6.07 Å². The summed E-state index contributed by atoms with van der Waals surface area (Å²) in [5.74, 6) is 0.632. The number of halogens is 1. The first-order valence-corrected chi connectivity index (χ1v) is 10.4. The molecule has 1 aromatic carbocycles. The van der Waals surface area contributed by atoms with Crippen molar-refractivity contribution >= 4 is 39.8 Å². The monoisotopic (exact) mass is 413 g/mol. The molecule has 1 saturated heterocycles. The SMILES string of the molecule is Cc1ccccc1-c1csc(NC(=O)[C@@H]2CCCN(c3ccc(Cl)nn3)C2)n1. The lowest BCUT2D eigenvalue weighted by atomic mass is 9.97. The van der Waals surface area contributed by atoms with Gasteiger partial charge < -0.3 is 10.2 Å². The minimum absolute atomic E-state index is 0.00249. The first-order chi connectivity index (χ1) is 13.6. The van der Waals surface area contributed by atoms with Gasteiger partial charge in [0.2, 0.25) is 5.91 Å². The highest BCUT2D eigenvalue weighted by Crippen LogP contribution is 2.28.